The van der Waals surface area contributed by atoms with E-state index in [1.54, 1.807) is 0 Å². The quantitative estimate of drug-likeness (QED) is 0.750. The lowest BCUT2D eigenvalue weighted by molar-refractivity contribution is 0.251. The Kier molecular flexibility index (Phi) is 5.91. The van der Waals surface area contributed by atoms with Gasteiger partial charge in [0, 0.05) is 22.9 Å². The van der Waals surface area contributed by atoms with Gasteiger partial charge >= 0.3 is 0 Å². The van der Waals surface area contributed by atoms with Crippen molar-refractivity contribution >= 4 is 11.3 Å². The Morgan fingerprint density at radius 3 is 2.80 bits per heavy atom. The fourth-order valence-corrected chi connectivity index (χ4v) is 2.47. The molecule has 1 rings (SSSR count). The predicted octanol–water partition coefficient (Wildman–Crippen LogP) is 2.55. The Bertz CT molecular complexity index is 272. The average Bonchev–Trinajstić information content (AvgIpc) is 2.63. The van der Waals surface area contributed by atoms with Crippen LogP contribution in [0.3, 0.4) is 0 Å². The highest BCUT2D eigenvalue weighted by molar-refractivity contribution is 7.11. The topological polar surface area (TPSA) is 32.3 Å². The van der Waals surface area contributed by atoms with Gasteiger partial charge in [0.25, 0.3) is 0 Å². The Balaban J connectivity index is 2.20. The van der Waals surface area contributed by atoms with Gasteiger partial charge < -0.3 is 10.4 Å². The molecular formula is C12H21NOS. The minimum absolute atomic E-state index is 0.304. The summed E-state index contributed by atoms with van der Waals surface area (Å²) in [6.07, 6.45) is 2.05. The van der Waals surface area contributed by atoms with Gasteiger partial charge in [-0.2, -0.15) is 0 Å². The van der Waals surface area contributed by atoms with Gasteiger partial charge in [0.15, 0.2) is 0 Å². The van der Waals surface area contributed by atoms with Gasteiger partial charge in [-0.3, -0.25) is 0 Å². The van der Waals surface area contributed by atoms with E-state index in [-0.39, 0.29) is 0 Å². The van der Waals surface area contributed by atoms with Crippen molar-refractivity contribution in [2.75, 3.05) is 13.2 Å². The van der Waals surface area contributed by atoms with Crippen molar-refractivity contribution in [1.29, 1.82) is 0 Å². The van der Waals surface area contributed by atoms with E-state index >= 15 is 0 Å². The zero-order valence-corrected chi connectivity index (χ0v) is 10.4. The normalized spacial score (nSPS) is 13.0. The largest absolute Gasteiger partial charge is 0.396 e. The minimum Gasteiger partial charge on any atom is -0.396 e. The minimum atomic E-state index is 0.304. The smallest absolute Gasteiger partial charge is 0.0434 e. The second-order valence-electron chi connectivity index (χ2n) is 3.93. The average molecular weight is 227 g/mol. The van der Waals surface area contributed by atoms with Gasteiger partial charge in [-0.05, 0) is 37.9 Å². The molecular weight excluding hydrogens is 206 g/mol. The number of aliphatic hydroxyl groups is 1. The molecule has 1 aromatic rings. The molecule has 3 heteroatoms. The molecule has 0 amide bonds. The molecule has 2 N–H and O–H groups in total. The van der Waals surface area contributed by atoms with Crippen LogP contribution < -0.4 is 5.32 Å². The van der Waals surface area contributed by atoms with Crippen molar-refractivity contribution < 1.29 is 5.11 Å². The van der Waals surface area contributed by atoms with Crippen LogP contribution in [0.5, 0.6) is 0 Å². The predicted molar refractivity (Wildman–Crippen MR) is 66.2 cm³/mol. The maximum Gasteiger partial charge on any atom is 0.0434 e. The highest BCUT2D eigenvalue weighted by atomic mass is 32.1. The van der Waals surface area contributed by atoms with Crippen LogP contribution in [-0.4, -0.2) is 18.3 Å². The molecule has 0 spiro atoms. The summed E-state index contributed by atoms with van der Waals surface area (Å²) in [7, 11) is 0. The summed E-state index contributed by atoms with van der Waals surface area (Å²) < 4.78 is 0. The molecule has 0 aromatic carbocycles. The number of hydrogen-bond donors (Lipinski definition) is 2. The fraction of sp³-hybridized carbons (Fsp3) is 0.667. The Labute approximate surface area is 96.3 Å². The van der Waals surface area contributed by atoms with Crippen LogP contribution in [0.25, 0.3) is 0 Å². The van der Waals surface area contributed by atoms with Crippen LogP contribution in [0, 0.1) is 12.8 Å². The van der Waals surface area contributed by atoms with E-state index < -0.39 is 0 Å². The third-order valence-corrected chi connectivity index (χ3v) is 3.64. The highest BCUT2D eigenvalue weighted by Crippen LogP contribution is 2.14. The molecule has 0 aliphatic rings. The third kappa shape index (κ3) is 4.78. The van der Waals surface area contributed by atoms with Crippen LogP contribution in [0.4, 0.5) is 0 Å². The fourth-order valence-electron chi connectivity index (χ4n) is 1.61. The van der Waals surface area contributed by atoms with Crippen LogP contribution >= 0.6 is 11.3 Å². The summed E-state index contributed by atoms with van der Waals surface area (Å²) in [5.74, 6) is 0.607. The molecule has 0 aliphatic carbocycles. The number of nitrogens with one attached hydrogen (secondary N) is 1. The van der Waals surface area contributed by atoms with Gasteiger partial charge in [-0.1, -0.05) is 13.3 Å². The second-order valence-corrected chi connectivity index (χ2v) is 5.30. The van der Waals surface area contributed by atoms with Crippen LogP contribution in [0.15, 0.2) is 12.1 Å². The molecule has 1 heterocycles. The van der Waals surface area contributed by atoms with E-state index in [0.717, 1.165) is 25.9 Å². The van der Waals surface area contributed by atoms with Crippen molar-refractivity contribution in [3.05, 3.63) is 21.9 Å². The standard InChI is InChI=1S/C12H21NOS/c1-3-11(6-7-14)8-13-9-12-5-4-10(2)15-12/h4-5,11,13-14H,3,6-9H2,1-2H3. The number of aliphatic hydroxyl groups excluding tert-OH is 1. The Morgan fingerprint density at radius 1 is 1.47 bits per heavy atom. The van der Waals surface area contributed by atoms with E-state index in [9.17, 15) is 0 Å². The molecule has 2 nitrogen and oxygen atoms in total. The molecule has 0 radical (unpaired) electrons. The summed E-state index contributed by atoms with van der Waals surface area (Å²) in [6.45, 7) is 6.58. The van der Waals surface area contributed by atoms with Crippen molar-refractivity contribution in [3.8, 4) is 0 Å². The molecule has 0 fully saturated rings. The zero-order chi connectivity index (χ0) is 11.1. The first-order valence-electron chi connectivity index (χ1n) is 5.63. The number of rotatable bonds is 7. The van der Waals surface area contributed by atoms with Gasteiger partial charge in [0.2, 0.25) is 0 Å². The molecule has 0 saturated heterocycles. The maximum absolute atomic E-state index is 8.86. The van der Waals surface area contributed by atoms with E-state index in [1.807, 2.05) is 11.3 Å². The van der Waals surface area contributed by atoms with Gasteiger partial charge in [0.1, 0.15) is 0 Å². The monoisotopic (exact) mass is 227 g/mol. The van der Waals surface area contributed by atoms with Crippen molar-refractivity contribution in [2.24, 2.45) is 5.92 Å². The van der Waals surface area contributed by atoms with Crippen LogP contribution in [0.2, 0.25) is 0 Å². The number of aryl methyl sites for hydroxylation is 1. The molecule has 1 unspecified atom stereocenters. The lowest BCUT2D eigenvalue weighted by atomic mass is 10.0. The molecule has 0 saturated carbocycles. The van der Waals surface area contributed by atoms with Gasteiger partial charge in [-0.15, -0.1) is 11.3 Å². The van der Waals surface area contributed by atoms with E-state index in [1.165, 1.54) is 9.75 Å². The number of thiophene rings is 1. The first-order chi connectivity index (χ1) is 7.26. The summed E-state index contributed by atoms with van der Waals surface area (Å²) >= 11 is 1.85. The second kappa shape index (κ2) is 6.99. The molecule has 15 heavy (non-hydrogen) atoms. The van der Waals surface area contributed by atoms with Gasteiger partial charge in [-0.25, -0.2) is 0 Å². The molecule has 86 valence electrons. The van der Waals surface area contributed by atoms with Crippen LogP contribution in [-0.2, 0) is 6.54 Å². The third-order valence-electron chi connectivity index (χ3n) is 2.64. The molecule has 1 atom stereocenters. The van der Waals surface area contributed by atoms with E-state index in [4.69, 9.17) is 5.11 Å². The van der Waals surface area contributed by atoms with Crippen molar-refractivity contribution in [2.45, 2.75) is 33.2 Å². The van der Waals surface area contributed by atoms with Gasteiger partial charge in [0.05, 0.1) is 0 Å². The van der Waals surface area contributed by atoms with Crippen LogP contribution in [0.1, 0.15) is 29.5 Å². The first kappa shape index (κ1) is 12.7. The summed E-state index contributed by atoms with van der Waals surface area (Å²) in [5.41, 5.74) is 0. The molecule has 1 aromatic heterocycles. The van der Waals surface area contributed by atoms with E-state index in [0.29, 0.717) is 12.5 Å². The number of hydrogen-bond acceptors (Lipinski definition) is 3. The SMILES string of the molecule is CCC(CCO)CNCc1ccc(C)s1. The lowest BCUT2D eigenvalue weighted by Gasteiger charge is -2.13. The molecule has 0 aliphatic heterocycles. The zero-order valence-electron chi connectivity index (χ0n) is 9.62. The Morgan fingerprint density at radius 2 is 2.27 bits per heavy atom. The van der Waals surface area contributed by atoms with Crippen molar-refractivity contribution in [1.82, 2.24) is 5.32 Å². The molecule has 0 bridgehead atoms. The van der Waals surface area contributed by atoms with E-state index in [2.05, 4.69) is 31.3 Å². The van der Waals surface area contributed by atoms with Crippen molar-refractivity contribution in [3.63, 3.8) is 0 Å². The lowest BCUT2D eigenvalue weighted by Crippen LogP contribution is -2.22. The maximum atomic E-state index is 8.86. The first-order valence-corrected chi connectivity index (χ1v) is 6.44. The summed E-state index contributed by atoms with van der Waals surface area (Å²) in [5, 5.41) is 12.3. The summed E-state index contributed by atoms with van der Waals surface area (Å²) in [6, 6.07) is 4.34. The Hall–Kier alpha value is -0.380. The summed E-state index contributed by atoms with van der Waals surface area (Å²) in [4.78, 5) is 2.76. The highest BCUT2D eigenvalue weighted by Gasteiger charge is 2.05.